The lowest BCUT2D eigenvalue weighted by atomic mass is 10.1. The van der Waals surface area contributed by atoms with Gasteiger partial charge < -0.3 is 4.74 Å². The highest BCUT2D eigenvalue weighted by Gasteiger charge is 2.10. The van der Waals surface area contributed by atoms with Crippen molar-refractivity contribution in [2.75, 3.05) is 6.61 Å². The van der Waals surface area contributed by atoms with Crippen LogP contribution in [0.1, 0.15) is 12.5 Å². The van der Waals surface area contributed by atoms with Crippen LogP contribution in [0.25, 0.3) is 11.3 Å². The Morgan fingerprint density at radius 1 is 1.44 bits per heavy atom. The highest BCUT2D eigenvalue weighted by molar-refractivity contribution is 7.07. The summed E-state index contributed by atoms with van der Waals surface area (Å²) in [6.07, 6.45) is 0. The SMILES string of the molecule is CCOc1cc(C)c(Cl)cc1-c1cscn1. The van der Waals surface area contributed by atoms with Gasteiger partial charge in [-0.3, -0.25) is 0 Å². The van der Waals surface area contributed by atoms with Crippen LogP contribution in [-0.2, 0) is 0 Å². The third-order valence-corrected chi connectivity index (χ3v) is 3.26. The molecule has 0 bridgehead atoms. The van der Waals surface area contributed by atoms with Gasteiger partial charge in [0.1, 0.15) is 5.75 Å². The summed E-state index contributed by atoms with van der Waals surface area (Å²) in [6.45, 7) is 4.57. The van der Waals surface area contributed by atoms with Crippen LogP contribution in [0.15, 0.2) is 23.0 Å². The molecule has 84 valence electrons. The number of aromatic nitrogens is 1. The van der Waals surface area contributed by atoms with Crippen molar-refractivity contribution in [2.24, 2.45) is 0 Å². The third kappa shape index (κ3) is 2.20. The fourth-order valence-corrected chi connectivity index (χ4v) is 2.19. The molecule has 0 atom stereocenters. The zero-order valence-electron chi connectivity index (χ0n) is 9.16. The molecule has 0 aliphatic rings. The van der Waals surface area contributed by atoms with Crippen LogP contribution in [0.2, 0.25) is 5.02 Å². The van der Waals surface area contributed by atoms with Crippen LogP contribution < -0.4 is 4.74 Å². The monoisotopic (exact) mass is 253 g/mol. The van der Waals surface area contributed by atoms with Crippen molar-refractivity contribution in [2.45, 2.75) is 13.8 Å². The van der Waals surface area contributed by atoms with Gasteiger partial charge in [0, 0.05) is 16.0 Å². The van der Waals surface area contributed by atoms with Gasteiger partial charge in [-0.1, -0.05) is 11.6 Å². The highest BCUT2D eigenvalue weighted by Crippen LogP contribution is 2.34. The molecule has 0 saturated carbocycles. The lowest BCUT2D eigenvalue weighted by Gasteiger charge is -2.10. The zero-order valence-corrected chi connectivity index (χ0v) is 10.7. The number of nitrogens with zero attached hydrogens (tertiary/aromatic N) is 1. The summed E-state index contributed by atoms with van der Waals surface area (Å²) < 4.78 is 5.60. The maximum absolute atomic E-state index is 6.12. The molecular formula is C12H12ClNOS. The summed E-state index contributed by atoms with van der Waals surface area (Å²) in [7, 11) is 0. The van der Waals surface area contributed by atoms with Crippen LogP contribution in [0.5, 0.6) is 5.75 Å². The van der Waals surface area contributed by atoms with Gasteiger partial charge in [-0.15, -0.1) is 11.3 Å². The molecule has 0 unspecified atom stereocenters. The number of rotatable bonds is 3. The average Bonchev–Trinajstić information content (AvgIpc) is 2.76. The quantitative estimate of drug-likeness (QED) is 0.819. The molecule has 2 aromatic rings. The summed E-state index contributed by atoms with van der Waals surface area (Å²) in [5.74, 6) is 0.843. The fourth-order valence-electron chi connectivity index (χ4n) is 1.48. The minimum Gasteiger partial charge on any atom is -0.493 e. The van der Waals surface area contributed by atoms with Gasteiger partial charge in [0.05, 0.1) is 17.8 Å². The molecule has 0 fully saturated rings. The predicted octanol–water partition coefficient (Wildman–Crippen LogP) is 4.17. The number of thiazole rings is 1. The van der Waals surface area contributed by atoms with E-state index in [1.54, 1.807) is 16.8 Å². The van der Waals surface area contributed by atoms with E-state index in [2.05, 4.69) is 4.98 Å². The fraction of sp³-hybridized carbons (Fsp3) is 0.250. The molecule has 2 rings (SSSR count). The Labute approximate surface area is 104 Å². The lowest BCUT2D eigenvalue weighted by molar-refractivity contribution is 0.341. The summed E-state index contributed by atoms with van der Waals surface area (Å²) in [5.41, 5.74) is 4.69. The number of hydrogen-bond acceptors (Lipinski definition) is 3. The molecule has 1 aromatic carbocycles. The van der Waals surface area contributed by atoms with E-state index in [1.165, 1.54) is 0 Å². The first kappa shape index (κ1) is 11.4. The zero-order chi connectivity index (χ0) is 11.5. The number of ether oxygens (including phenoxy) is 1. The summed E-state index contributed by atoms with van der Waals surface area (Å²) in [4.78, 5) is 4.28. The summed E-state index contributed by atoms with van der Waals surface area (Å²) in [5, 5.41) is 2.73. The molecule has 0 aliphatic carbocycles. The molecule has 0 radical (unpaired) electrons. The van der Waals surface area contributed by atoms with Gasteiger partial charge in [0.25, 0.3) is 0 Å². The van der Waals surface area contributed by atoms with Crippen molar-refractivity contribution < 1.29 is 4.74 Å². The van der Waals surface area contributed by atoms with E-state index in [0.29, 0.717) is 6.61 Å². The maximum atomic E-state index is 6.12. The Morgan fingerprint density at radius 3 is 2.88 bits per heavy atom. The van der Waals surface area contributed by atoms with Gasteiger partial charge in [-0.05, 0) is 31.5 Å². The lowest BCUT2D eigenvalue weighted by Crippen LogP contribution is -1.95. The molecule has 2 nitrogen and oxygen atoms in total. The molecule has 4 heteroatoms. The van der Waals surface area contributed by atoms with E-state index in [0.717, 1.165) is 27.6 Å². The van der Waals surface area contributed by atoms with Crippen molar-refractivity contribution in [1.29, 1.82) is 0 Å². The van der Waals surface area contributed by atoms with Gasteiger partial charge in [0.2, 0.25) is 0 Å². The molecule has 0 amide bonds. The van der Waals surface area contributed by atoms with E-state index in [-0.39, 0.29) is 0 Å². The molecule has 0 aliphatic heterocycles. The standard InChI is InChI=1S/C12H12ClNOS/c1-3-15-12-4-8(2)10(13)5-9(12)11-6-16-7-14-11/h4-7H,3H2,1-2H3. The number of halogens is 1. The number of hydrogen-bond donors (Lipinski definition) is 0. The Hall–Kier alpha value is -1.06. The van der Waals surface area contributed by atoms with Crippen molar-refractivity contribution in [3.05, 3.63) is 33.6 Å². The first-order valence-electron chi connectivity index (χ1n) is 5.04. The normalized spacial score (nSPS) is 10.4. The van der Waals surface area contributed by atoms with Crippen LogP contribution in [0, 0.1) is 6.92 Å². The van der Waals surface area contributed by atoms with Gasteiger partial charge in [0.15, 0.2) is 0 Å². The van der Waals surface area contributed by atoms with Crippen LogP contribution in [0.4, 0.5) is 0 Å². The van der Waals surface area contributed by atoms with E-state index < -0.39 is 0 Å². The third-order valence-electron chi connectivity index (χ3n) is 2.27. The Kier molecular flexibility index (Phi) is 3.46. The van der Waals surface area contributed by atoms with Crippen molar-refractivity contribution in [3.63, 3.8) is 0 Å². The second-order valence-corrected chi connectivity index (χ2v) is 4.53. The minimum atomic E-state index is 0.637. The number of aryl methyl sites for hydroxylation is 1. The van der Waals surface area contributed by atoms with Gasteiger partial charge in [-0.25, -0.2) is 4.98 Å². The molecule has 0 spiro atoms. The van der Waals surface area contributed by atoms with Crippen LogP contribution >= 0.6 is 22.9 Å². The molecule has 1 aromatic heterocycles. The first-order valence-corrected chi connectivity index (χ1v) is 6.36. The van der Waals surface area contributed by atoms with Crippen molar-refractivity contribution in [1.82, 2.24) is 4.98 Å². The average molecular weight is 254 g/mol. The topological polar surface area (TPSA) is 22.1 Å². The largest absolute Gasteiger partial charge is 0.493 e. The summed E-state index contributed by atoms with van der Waals surface area (Å²) in [6, 6.07) is 3.87. The van der Waals surface area contributed by atoms with Crippen molar-refractivity contribution in [3.8, 4) is 17.0 Å². The van der Waals surface area contributed by atoms with Gasteiger partial charge >= 0.3 is 0 Å². The maximum Gasteiger partial charge on any atom is 0.129 e. The van der Waals surface area contributed by atoms with E-state index in [1.807, 2.05) is 31.4 Å². The van der Waals surface area contributed by atoms with E-state index >= 15 is 0 Å². The van der Waals surface area contributed by atoms with Crippen molar-refractivity contribution >= 4 is 22.9 Å². The Morgan fingerprint density at radius 2 is 2.25 bits per heavy atom. The van der Waals surface area contributed by atoms with E-state index in [9.17, 15) is 0 Å². The number of benzene rings is 1. The molecule has 0 saturated heterocycles. The second kappa shape index (κ2) is 4.85. The first-order chi connectivity index (χ1) is 7.72. The summed E-state index contributed by atoms with van der Waals surface area (Å²) >= 11 is 7.68. The predicted molar refractivity (Wildman–Crippen MR) is 68.5 cm³/mol. The van der Waals surface area contributed by atoms with Crippen LogP contribution in [0.3, 0.4) is 0 Å². The Bertz CT molecular complexity index is 482. The second-order valence-electron chi connectivity index (χ2n) is 3.40. The van der Waals surface area contributed by atoms with Crippen LogP contribution in [-0.4, -0.2) is 11.6 Å². The molecule has 16 heavy (non-hydrogen) atoms. The Balaban J connectivity index is 2.54. The van der Waals surface area contributed by atoms with Gasteiger partial charge in [-0.2, -0.15) is 0 Å². The van der Waals surface area contributed by atoms with E-state index in [4.69, 9.17) is 16.3 Å². The smallest absolute Gasteiger partial charge is 0.129 e. The molecular weight excluding hydrogens is 242 g/mol. The molecule has 0 N–H and O–H groups in total. The minimum absolute atomic E-state index is 0.637. The molecule has 1 heterocycles. The highest BCUT2D eigenvalue weighted by atomic mass is 35.5.